The molecule has 14 heavy (non-hydrogen) atoms. The Morgan fingerprint density at radius 1 is 1.71 bits per heavy atom. The average Bonchev–Trinajstić information content (AvgIpc) is 2.51. The SMILES string of the molecule is O[C@@H]1CON(Cc2cc(Cl)ccn2)C1. The first kappa shape index (κ1) is 9.86. The topological polar surface area (TPSA) is 45.6 Å². The van der Waals surface area contributed by atoms with Crippen molar-refractivity contribution in [1.29, 1.82) is 0 Å². The number of β-amino-alcohol motifs (C(OH)–C–C–N with tert-alkyl or cyclic N) is 1. The molecule has 1 aromatic rings. The second kappa shape index (κ2) is 4.23. The summed E-state index contributed by atoms with van der Waals surface area (Å²) in [5.41, 5.74) is 0.839. The molecule has 1 aromatic heterocycles. The summed E-state index contributed by atoms with van der Waals surface area (Å²) in [4.78, 5) is 9.35. The molecule has 1 aliphatic heterocycles. The van der Waals surface area contributed by atoms with E-state index in [0.717, 1.165) is 5.69 Å². The summed E-state index contributed by atoms with van der Waals surface area (Å²) in [6.07, 6.45) is 1.26. The van der Waals surface area contributed by atoms with Crippen molar-refractivity contribution in [3.63, 3.8) is 0 Å². The van der Waals surface area contributed by atoms with Gasteiger partial charge in [0.15, 0.2) is 0 Å². The third kappa shape index (κ3) is 2.42. The molecule has 76 valence electrons. The van der Waals surface area contributed by atoms with Gasteiger partial charge in [-0.25, -0.2) is 0 Å². The molecule has 2 heterocycles. The van der Waals surface area contributed by atoms with Crippen LogP contribution in [0.4, 0.5) is 0 Å². The van der Waals surface area contributed by atoms with Gasteiger partial charge in [0.1, 0.15) is 0 Å². The first-order chi connectivity index (χ1) is 6.74. The molecule has 0 aliphatic carbocycles. The Hall–Kier alpha value is -0.680. The second-order valence-corrected chi connectivity index (χ2v) is 3.67. The minimum absolute atomic E-state index is 0.362. The highest BCUT2D eigenvalue weighted by atomic mass is 35.5. The fraction of sp³-hybridized carbons (Fsp3) is 0.444. The van der Waals surface area contributed by atoms with Crippen molar-refractivity contribution in [3.8, 4) is 0 Å². The minimum Gasteiger partial charge on any atom is -0.389 e. The Kier molecular flexibility index (Phi) is 2.98. The fourth-order valence-corrected chi connectivity index (χ4v) is 1.54. The van der Waals surface area contributed by atoms with Crippen LogP contribution >= 0.6 is 11.6 Å². The van der Waals surface area contributed by atoms with Crippen LogP contribution in [0.5, 0.6) is 0 Å². The van der Waals surface area contributed by atoms with E-state index < -0.39 is 6.10 Å². The van der Waals surface area contributed by atoms with E-state index in [1.54, 1.807) is 23.4 Å². The molecule has 0 saturated carbocycles. The Labute approximate surface area is 87.0 Å². The lowest BCUT2D eigenvalue weighted by atomic mass is 10.3. The molecule has 4 nitrogen and oxygen atoms in total. The average molecular weight is 215 g/mol. The summed E-state index contributed by atoms with van der Waals surface area (Å²) in [6.45, 7) is 1.44. The zero-order chi connectivity index (χ0) is 9.97. The largest absolute Gasteiger partial charge is 0.389 e. The van der Waals surface area contributed by atoms with Gasteiger partial charge in [0.05, 0.1) is 31.5 Å². The van der Waals surface area contributed by atoms with Crippen molar-refractivity contribution in [3.05, 3.63) is 29.0 Å². The number of hydrogen-bond acceptors (Lipinski definition) is 4. The van der Waals surface area contributed by atoms with Gasteiger partial charge in [-0.2, -0.15) is 5.06 Å². The highest BCUT2D eigenvalue weighted by Gasteiger charge is 2.21. The smallest absolute Gasteiger partial charge is 0.0958 e. The van der Waals surface area contributed by atoms with Crippen LogP contribution in [0.3, 0.4) is 0 Å². The zero-order valence-electron chi connectivity index (χ0n) is 7.56. The summed E-state index contributed by atoms with van der Waals surface area (Å²) < 4.78 is 0. The van der Waals surface area contributed by atoms with Gasteiger partial charge in [0.2, 0.25) is 0 Å². The van der Waals surface area contributed by atoms with E-state index in [-0.39, 0.29) is 0 Å². The molecular weight excluding hydrogens is 204 g/mol. The normalized spacial score (nSPS) is 22.9. The number of halogens is 1. The standard InChI is InChI=1S/C9H11ClN2O2/c10-7-1-2-11-8(3-7)4-12-5-9(13)6-14-12/h1-3,9,13H,4-6H2/t9-/m0/s1. The van der Waals surface area contributed by atoms with Crippen molar-refractivity contribution >= 4 is 11.6 Å². The lowest BCUT2D eigenvalue weighted by molar-refractivity contribution is -0.118. The van der Waals surface area contributed by atoms with Crippen LogP contribution < -0.4 is 0 Å². The van der Waals surface area contributed by atoms with Gasteiger partial charge in [-0.1, -0.05) is 11.6 Å². The number of hydrogen-bond donors (Lipinski definition) is 1. The van der Waals surface area contributed by atoms with Crippen LogP contribution in [-0.4, -0.2) is 34.4 Å². The van der Waals surface area contributed by atoms with Gasteiger partial charge in [0.25, 0.3) is 0 Å². The Balaban J connectivity index is 1.97. The maximum Gasteiger partial charge on any atom is 0.0958 e. The first-order valence-electron chi connectivity index (χ1n) is 4.40. The molecule has 0 unspecified atom stereocenters. The third-order valence-electron chi connectivity index (χ3n) is 1.98. The van der Waals surface area contributed by atoms with E-state index >= 15 is 0 Å². The number of hydroxylamine groups is 2. The van der Waals surface area contributed by atoms with Gasteiger partial charge >= 0.3 is 0 Å². The van der Waals surface area contributed by atoms with Crippen molar-refractivity contribution in [1.82, 2.24) is 10.0 Å². The van der Waals surface area contributed by atoms with Gasteiger partial charge in [-0.15, -0.1) is 0 Å². The number of pyridine rings is 1. The van der Waals surface area contributed by atoms with Gasteiger partial charge < -0.3 is 5.11 Å². The van der Waals surface area contributed by atoms with Crippen molar-refractivity contribution in [2.45, 2.75) is 12.6 Å². The maximum absolute atomic E-state index is 9.22. The molecule has 1 atom stereocenters. The Morgan fingerprint density at radius 3 is 3.21 bits per heavy atom. The second-order valence-electron chi connectivity index (χ2n) is 3.24. The van der Waals surface area contributed by atoms with E-state index in [9.17, 15) is 5.11 Å². The summed E-state index contributed by atoms with van der Waals surface area (Å²) in [6, 6.07) is 3.51. The Bertz CT molecular complexity index is 321. The van der Waals surface area contributed by atoms with Gasteiger partial charge in [-0.3, -0.25) is 9.82 Å². The molecule has 0 spiro atoms. The minimum atomic E-state index is -0.394. The first-order valence-corrected chi connectivity index (χ1v) is 4.78. The molecule has 1 N–H and O–H groups in total. The number of aliphatic hydroxyl groups excluding tert-OH is 1. The third-order valence-corrected chi connectivity index (χ3v) is 2.22. The molecule has 1 fully saturated rings. The zero-order valence-corrected chi connectivity index (χ0v) is 8.31. The van der Waals surface area contributed by atoms with Crippen molar-refractivity contribution < 1.29 is 9.94 Å². The molecule has 0 amide bonds. The monoisotopic (exact) mass is 214 g/mol. The maximum atomic E-state index is 9.22. The van der Waals surface area contributed by atoms with Crippen molar-refractivity contribution in [2.24, 2.45) is 0 Å². The van der Waals surface area contributed by atoms with Crippen LogP contribution in [0, 0.1) is 0 Å². The van der Waals surface area contributed by atoms with Crippen LogP contribution in [-0.2, 0) is 11.4 Å². The molecule has 0 bridgehead atoms. The lowest BCUT2D eigenvalue weighted by Gasteiger charge is -2.12. The van der Waals surface area contributed by atoms with E-state index in [1.807, 2.05) is 0 Å². The van der Waals surface area contributed by atoms with E-state index in [2.05, 4.69) is 4.98 Å². The number of nitrogens with zero attached hydrogens (tertiary/aromatic N) is 2. The number of rotatable bonds is 2. The number of aliphatic hydroxyl groups is 1. The molecule has 1 aliphatic rings. The molecular formula is C9H11ClN2O2. The molecule has 0 radical (unpaired) electrons. The summed E-state index contributed by atoms with van der Waals surface area (Å²) in [7, 11) is 0. The van der Waals surface area contributed by atoms with E-state index in [1.165, 1.54) is 0 Å². The highest BCUT2D eigenvalue weighted by molar-refractivity contribution is 6.30. The predicted octanol–water partition coefficient (Wildman–Crippen LogP) is 0.843. The van der Waals surface area contributed by atoms with E-state index in [0.29, 0.717) is 24.7 Å². The van der Waals surface area contributed by atoms with Crippen LogP contribution in [0.1, 0.15) is 5.69 Å². The predicted molar refractivity (Wildman–Crippen MR) is 51.6 cm³/mol. The molecule has 2 rings (SSSR count). The fourth-order valence-electron chi connectivity index (χ4n) is 1.36. The summed E-state index contributed by atoms with van der Waals surface area (Å²) in [5, 5.41) is 11.6. The van der Waals surface area contributed by atoms with Crippen LogP contribution in [0.2, 0.25) is 5.02 Å². The summed E-state index contributed by atoms with van der Waals surface area (Å²) >= 11 is 5.81. The van der Waals surface area contributed by atoms with Crippen molar-refractivity contribution in [2.75, 3.05) is 13.2 Å². The van der Waals surface area contributed by atoms with Crippen LogP contribution in [0.15, 0.2) is 18.3 Å². The lowest BCUT2D eigenvalue weighted by Crippen LogP contribution is -2.20. The molecule has 5 heteroatoms. The quantitative estimate of drug-likeness (QED) is 0.793. The number of aromatic nitrogens is 1. The van der Waals surface area contributed by atoms with Gasteiger partial charge in [0, 0.05) is 11.2 Å². The molecule has 0 aromatic carbocycles. The van der Waals surface area contributed by atoms with Gasteiger partial charge in [-0.05, 0) is 12.1 Å². The Morgan fingerprint density at radius 2 is 2.57 bits per heavy atom. The van der Waals surface area contributed by atoms with E-state index in [4.69, 9.17) is 16.4 Å². The molecule has 1 saturated heterocycles. The van der Waals surface area contributed by atoms with Crippen LogP contribution in [0.25, 0.3) is 0 Å². The highest BCUT2D eigenvalue weighted by Crippen LogP contribution is 2.13. The summed E-state index contributed by atoms with van der Waals surface area (Å²) in [5.74, 6) is 0.